The number of nitrogens with one attached hydrogen (secondary N) is 2. The number of hydrogen-bond donors (Lipinski definition) is 2. The Morgan fingerprint density at radius 2 is 1.52 bits per heavy atom. The maximum absolute atomic E-state index is 12.5. The summed E-state index contributed by atoms with van der Waals surface area (Å²) < 4.78 is 4.81. The van der Waals surface area contributed by atoms with Gasteiger partial charge in [-0.3, -0.25) is 9.59 Å². The number of methoxy groups -OCH3 is 1. The van der Waals surface area contributed by atoms with E-state index in [9.17, 15) is 14.4 Å². The van der Waals surface area contributed by atoms with Gasteiger partial charge in [-0.15, -0.1) is 0 Å². The smallest absolute Gasteiger partial charge is 0.328 e. The van der Waals surface area contributed by atoms with Crippen molar-refractivity contribution in [3.8, 4) is 0 Å². The maximum Gasteiger partial charge on any atom is 0.328 e. The van der Waals surface area contributed by atoms with Gasteiger partial charge in [0.2, 0.25) is 11.8 Å². The van der Waals surface area contributed by atoms with E-state index < -0.39 is 18.1 Å². The number of rotatable bonds is 13. The highest BCUT2D eigenvalue weighted by molar-refractivity contribution is 5.90. The lowest BCUT2D eigenvalue weighted by Gasteiger charge is -2.23. The van der Waals surface area contributed by atoms with Crippen LogP contribution in [0.3, 0.4) is 0 Å². The van der Waals surface area contributed by atoms with Crippen LogP contribution < -0.4 is 10.6 Å². The maximum atomic E-state index is 12.5. The van der Waals surface area contributed by atoms with Crippen molar-refractivity contribution in [3.63, 3.8) is 0 Å². The highest BCUT2D eigenvalue weighted by Crippen LogP contribution is 2.11. The lowest BCUT2D eigenvalue weighted by Crippen LogP contribution is -2.51. The van der Waals surface area contributed by atoms with Crippen LogP contribution in [-0.2, 0) is 19.1 Å². The number of unbranched alkanes of at least 4 members (excludes halogenated alkanes) is 5. The molecule has 2 atom stereocenters. The number of ether oxygens (including phenoxy) is 1. The minimum atomic E-state index is -0.660. The summed E-state index contributed by atoms with van der Waals surface area (Å²) >= 11 is 0. The molecule has 146 valence electrons. The molecule has 0 saturated carbocycles. The zero-order valence-corrected chi connectivity index (χ0v) is 16.5. The van der Waals surface area contributed by atoms with Gasteiger partial charge in [0.05, 0.1) is 7.11 Å². The third kappa shape index (κ3) is 11.6. The molecule has 0 unspecified atom stereocenters. The summed E-state index contributed by atoms with van der Waals surface area (Å²) in [6, 6.07) is -1.29. The van der Waals surface area contributed by atoms with Crippen molar-refractivity contribution in [2.75, 3.05) is 7.11 Å². The SMILES string of the molecule is CCCCCCCC[C@H](NC(=O)[C@H](CC(C)C)NC(C)=O)C(=O)OC. The molecule has 0 aromatic heterocycles. The van der Waals surface area contributed by atoms with Crippen LogP contribution in [-0.4, -0.2) is 37.0 Å². The minimum Gasteiger partial charge on any atom is -0.467 e. The number of carbonyl (C=O) groups excluding carboxylic acids is 3. The summed E-state index contributed by atoms with van der Waals surface area (Å²) in [5, 5.41) is 5.41. The Hall–Kier alpha value is -1.59. The van der Waals surface area contributed by atoms with E-state index in [1.54, 1.807) is 0 Å². The molecule has 6 heteroatoms. The average Bonchev–Trinajstić information content (AvgIpc) is 2.54. The van der Waals surface area contributed by atoms with Gasteiger partial charge in [-0.25, -0.2) is 4.79 Å². The van der Waals surface area contributed by atoms with Gasteiger partial charge in [-0.1, -0.05) is 59.3 Å². The van der Waals surface area contributed by atoms with E-state index in [1.165, 1.54) is 33.3 Å². The molecule has 0 rings (SSSR count). The number of carbonyl (C=O) groups is 3. The molecule has 0 aliphatic carbocycles. The molecule has 0 radical (unpaired) electrons. The van der Waals surface area contributed by atoms with Gasteiger partial charge in [0.25, 0.3) is 0 Å². The predicted molar refractivity (Wildman–Crippen MR) is 99.0 cm³/mol. The van der Waals surface area contributed by atoms with E-state index in [0.717, 1.165) is 19.3 Å². The molecule has 0 heterocycles. The van der Waals surface area contributed by atoms with Crippen LogP contribution in [0.5, 0.6) is 0 Å². The van der Waals surface area contributed by atoms with Crippen molar-refractivity contribution in [1.82, 2.24) is 10.6 Å². The molecular weight excluding hydrogens is 320 g/mol. The lowest BCUT2D eigenvalue weighted by atomic mass is 10.0. The molecule has 0 saturated heterocycles. The van der Waals surface area contributed by atoms with E-state index >= 15 is 0 Å². The summed E-state index contributed by atoms with van der Waals surface area (Å²) in [5.41, 5.74) is 0. The minimum absolute atomic E-state index is 0.248. The second kappa shape index (κ2) is 13.7. The summed E-state index contributed by atoms with van der Waals surface area (Å²) in [6.07, 6.45) is 7.73. The van der Waals surface area contributed by atoms with Crippen LogP contribution in [0, 0.1) is 5.92 Å². The van der Waals surface area contributed by atoms with Crippen LogP contribution >= 0.6 is 0 Å². The van der Waals surface area contributed by atoms with Crippen molar-refractivity contribution in [3.05, 3.63) is 0 Å². The monoisotopic (exact) mass is 356 g/mol. The topological polar surface area (TPSA) is 84.5 Å². The second-order valence-electron chi connectivity index (χ2n) is 7.02. The first-order valence-electron chi connectivity index (χ1n) is 9.47. The Morgan fingerprint density at radius 1 is 0.920 bits per heavy atom. The molecule has 0 aromatic rings. The zero-order chi connectivity index (χ0) is 19.2. The van der Waals surface area contributed by atoms with Crippen molar-refractivity contribution < 1.29 is 19.1 Å². The van der Waals surface area contributed by atoms with E-state index in [-0.39, 0.29) is 17.7 Å². The summed E-state index contributed by atoms with van der Waals surface area (Å²) in [7, 11) is 1.32. The Balaban J connectivity index is 4.61. The standard InChI is InChI=1S/C19H36N2O4/c1-6-7-8-9-10-11-12-16(19(24)25-5)21-18(23)17(13-14(2)3)20-15(4)22/h14,16-17H,6-13H2,1-5H3,(H,20,22)(H,21,23)/t16-,17-/m0/s1. The third-order valence-electron chi connectivity index (χ3n) is 4.05. The van der Waals surface area contributed by atoms with Crippen molar-refractivity contribution in [2.45, 2.75) is 91.1 Å². The van der Waals surface area contributed by atoms with E-state index in [2.05, 4.69) is 17.6 Å². The lowest BCUT2D eigenvalue weighted by molar-refractivity contribution is -0.145. The zero-order valence-electron chi connectivity index (χ0n) is 16.5. The van der Waals surface area contributed by atoms with Gasteiger partial charge in [0, 0.05) is 6.92 Å². The van der Waals surface area contributed by atoms with E-state index in [0.29, 0.717) is 12.8 Å². The first-order chi connectivity index (χ1) is 11.8. The predicted octanol–water partition coefficient (Wildman–Crippen LogP) is 2.95. The Labute approximate surface area is 152 Å². The van der Waals surface area contributed by atoms with Crippen molar-refractivity contribution in [2.24, 2.45) is 5.92 Å². The molecular formula is C19H36N2O4. The van der Waals surface area contributed by atoms with Crippen molar-refractivity contribution >= 4 is 17.8 Å². The molecule has 2 N–H and O–H groups in total. The Morgan fingerprint density at radius 3 is 2.04 bits per heavy atom. The van der Waals surface area contributed by atoms with Gasteiger partial charge in [-0.05, 0) is 18.8 Å². The molecule has 2 amide bonds. The average molecular weight is 357 g/mol. The molecule has 0 fully saturated rings. The van der Waals surface area contributed by atoms with Crippen LogP contribution in [0.1, 0.15) is 79.1 Å². The molecule has 0 aliphatic heterocycles. The normalized spacial score (nSPS) is 13.2. The van der Waals surface area contributed by atoms with E-state index in [1.807, 2.05) is 13.8 Å². The molecule has 0 bridgehead atoms. The number of hydrogen-bond acceptors (Lipinski definition) is 4. The molecule has 6 nitrogen and oxygen atoms in total. The van der Waals surface area contributed by atoms with Crippen LogP contribution in [0.4, 0.5) is 0 Å². The second-order valence-corrected chi connectivity index (χ2v) is 7.02. The highest BCUT2D eigenvalue weighted by Gasteiger charge is 2.26. The van der Waals surface area contributed by atoms with Crippen LogP contribution in [0.25, 0.3) is 0 Å². The van der Waals surface area contributed by atoms with Gasteiger partial charge in [0.15, 0.2) is 0 Å². The largest absolute Gasteiger partial charge is 0.467 e. The highest BCUT2D eigenvalue weighted by atomic mass is 16.5. The Kier molecular flexibility index (Phi) is 12.8. The Bertz CT molecular complexity index is 410. The molecule has 0 aromatic carbocycles. The first kappa shape index (κ1) is 23.4. The van der Waals surface area contributed by atoms with Gasteiger partial charge < -0.3 is 15.4 Å². The summed E-state index contributed by atoms with van der Waals surface area (Å²) in [6.45, 7) is 7.52. The fourth-order valence-electron chi connectivity index (χ4n) is 2.74. The quantitative estimate of drug-likeness (QED) is 0.392. The van der Waals surface area contributed by atoms with Gasteiger partial charge >= 0.3 is 5.97 Å². The van der Waals surface area contributed by atoms with Crippen LogP contribution in [0.2, 0.25) is 0 Å². The van der Waals surface area contributed by atoms with Gasteiger partial charge in [-0.2, -0.15) is 0 Å². The summed E-state index contributed by atoms with van der Waals surface area (Å²) in [5.74, 6) is -0.776. The molecule has 25 heavy (non-hydrogen) atoms. The van der Waals surface area contributed by atoms with Crippen molar-refractivity contribution in [1.29, 1.82) is 0 Å². The fourth-order valence-corrected chi connectivity index (χ4v) is 2.74. The van der Waals surface area contributed by atoms with Crippen LogP contribution in [0.15, 0.2) is 0 Å². The number of amides is 2. The summed E-state index contributed by atoms with van der Waals surface area (Å²) in [4.78, 5) is 35.8. The first-order valence-corrected chi connectivity index (χ1v) is 9.47. The van der Waals surface area contributed by atoms with E-state index in [4.69, 9.17) is 4.74 Å². The molecule has 0 spiro atoms. The van der Waals surface area contributed by atoms with Gasteiger partial charge in [0.1, 0.15) is 12.1 Å². The third-order valence-corrected chi connectivity index (χ3v) is 4.05. The number of esters is 1. The molecule has 0 aliphatic rings. The fraction of sp³-hybridized carbons (Fsp3) is 0.842.